The molecule has 0 aliphatic rings. The summed E-state index contributed by atoms with van der Waals surface area (Å²) in [6.07, 6.45) is 0. The minimum atomic E-state index is 0.0821. The Morgan fingerprint density at radius 1 is 1.38 bits per heavy atom. The topological polar surface area (TPSA) is 84.4 Å². The van der Waals surface area contributed by atoms with Crippen LogP contribution in [0.1, 0.15) is 30.7 Å². The lowest BCUT2D eigenvalue weighted by Crippen LogP contribution is -2.18. The normalized spacial score (nSPS) is 12.2. The second kappa shape index (κ2) is 5.16. The molecule has 0 aliphatic heterocycles. The van der Waals surface area contributed by atoms with Gasteiger partial charge in [-0.05, 0) is 19.4 Å². The van der Waals surface area contributed by atoms with Crippen molar-refractivity contribution in [1.82, 2.24) is 10.2 Å². The van der Waals surface area contributed by atoms with E-state index in [4.69, 9.17) is 10.9 Å². The van der Waals surface area contributed by atoms with E-state index in [9.17, 15) is 0 Å². The summed E-state index contributed by atoms with van der Waals surface area (Å²) in [5, 5.41) is 21.0. The Morgan fingerprint density at radius 2 is 2.00 bits per heavy atom. The van der Waals surface area contributed by atoms with Gasteiger partial charge in [0.1, 0.15) is 5.03 Å². The van der Waals surface area contributed by atoms with Gasteiger partial charge in [-0.25, -0.2) is 0 Å². The smallest absolute Gasteiger partial charge is 0.173 e. The average Bonchev–Trinajstić information content (AvgIpc) is 2.22. The number of thioether (sulfide) groups is 1. The maximum atomic E-state index is 8.77. The lowest BCUT2D eigenvalue weighted by Gasteiger charge is -2.12. The van der Waals surface area contributed by atoms with Crippen LogP contribution in [0.25, 0.3) is 0 Å². The van der Waals surface area contributed by atoms with Crippen LogP contribution < -0.4 is 5.73 Å². The van der Waals surface area contributed by atoms with Crippen LogP contribution >= 0.6 is 11.8 Å². The number of nitrogens with two attached hydrogens (primary N) is 1. The Balaban J connectivity index is 3.33. The number of aryl methyl sites for hydroxylation is 1. The highest BCUT2D eigenvalue weighted by atomic mass is 32.2. The van der Waals surface area contributed by atoms with Crippen LogP contribution in [0.3, 0.4) is 0 Å². The van der Waals surface area contributed by atoms with E-state index in [1.807, 2.05) is 13.8 Å². The van der Waals surface area contributed by atoms with Gasteiger partial charge in [0.2, 0.25) is 0 Å². The van der Waals surface area contributed by atoms with Gasteiger partial charge in [-0.3, -0.25) is 0 Å². The summed E-state index contributed by atoms with van der Waals surface area (Å²) in [6.45, 7) is 7.84. The molecule has 5 nitrogen and oxygen atoms in total. The molecule has 1 aromatic heterocycles. The molecule has 0 saturated heterocycles. The predicted octanol–water partition coefficient (Wildman–Crippen LogP) is 1.69. The van der Waals surface area contributed by atoms with Gasteiger partial charge in [-0.2, -0.15) is 5.10 Å². The number of nitrogens with zero attached hydrogens (tertiary/aromatic N) is 3. The zero-order chi connectivity index (χ0) is 12.3. The van der Waals surface area contributed by atoms with Crippen LogP contribution in [-0.4, -0.2) is 26.5 Å². The van der Waals surface area contributed by atoms with Crippen LogP contribution in [0.4, 0.5) is 0 Å². The molecule has 0 aliphatic carbocycles. The summed E-state index contributed by atoms with van der Waals surface area (Å²) < 4.78 is 0. The average molecular weight is 240 g/mol. The first-order valence-corrected chi connectivity index (χ1v) is 5.83. The third kappa shape index (κ3) is 2.63. The van der Waals surface area contributed by atoms with E-state index in [1.165, 1.54) is 0 Å². The monoisotopic (exact) mass is 240 g/mol. The first-order valence-electron chi connectivity index (χ1n) is 4.95. The fraction of sp³-hybridized carbons (Fsp3) is 0.500. The van der Waals surface area contributed by atoms with Gasteiger partial charge < -0.3 is 10.9 Å². The molecular formula is C10H16N4OS. The predicted molar refractivity (Wildman–Crippen MR) is 65.0 cm³/mol. The highest BCUT2D eigenvalue weighted by molar-refractivity contribution is 7.99. The Hall–Kier alpha value is -1.30. The number of aromatic nitrogens is 2. The number of hydrogen-bond donors (Lipinski definition) is 2. The maximum absolute atomic E-state index is 8.77. The lowest BCUT2D eigenvalue weighted by molar-refractivity contribution is 0.318. The SMILES string of the molecule is Cc1nnc(SC(C)C)c(/C(N)=N/O)c1C. The van der Waals surface area contributed by atoms with E-state index >= 15 is 0 Å². The van der Waals surface area contributed by atoms with Gasteiger partial charge in [-0.15, -0.1) is 16.9 Å². The van der Waals surface area contributed by atoms with Gasteiger partial charge in [0.25, 0.3) is 0 Å². The molecule has 0 unspecified atom stereocenters. The minimum Gasteiger partial charge on any atom is -0.409 e. The van der Waals surface area contributed by atoms with Crippen molar-refractivity contribution in [2.75, 3.05) is 0 Å². The van der Waals surface area contributed by atoms with E-state index in [1.54, 1.807) is 11.8 Å². The first-order chi connectivity index (χ1) is 7.47. The van der Waals surface area contributed by atoms with Crippen LogP contribution in [0, 0.1) is 13.8 Å². The summed E-state index contributed by atoms with van der Waals surface area (Å²) in [5.41, 5.74) is 8.02. The molecule has 0 saturated carbocycles. The highest BCUT2D eigenvalue weighted by Crippen LogP contribution is 2.26. The van der Waals surface area contributed by atoms with Crippen molar-refractivity contribution in [3.63, 3.8) is 0 Å². The van der Waals surface area contributed by atoms with Crippen LogP contribution in [0.15, 0.2) is 10.2 Å². The third-order valence-electron chi connectivity index (χ3n) is 2.13. The molecule has 0 fully saturated rings. The van der Waals surface area contributed by atoms with E-state index in [-0.39, 0.29) is 5.84 Å². The zero-order valence-corrected chi connectivity index (χ0v) is 10.7. The van der Waals surface area contributed by atoms with Gasteiger partial charge in [-0.1, -0.05) is 19.0 Å². The van der Waals surface area contributed by atoms with Crippen LogP contribution in [-0.2, 0) is 0 Å². The Labute approximate surface area is 99.1 Å². The van der Waals surface area contributed by atoms with E-state index in [0.717, 1.165) is 11.3 Å². The van der Waals surface area contributed by atoms with Gasteiger partial charge >= 0.3 is 0 Å². The molecule has 0 spiro atoms. The van der Waals surface area contributed by atoms with Crippen molar-refractivity contribution in [2.45, 2.75) is 38.0 Å². The lowest BCUT2D eigenvalue weighted by atomic mass is 10.1. The van der Waals surface area contributed by atoms with Crippen molar-refractivity contribution in [3.05, 3.63) is 16.8 Å². The van der Waals surface area contributed by atoms with Gasteiger partial charge in [0.05, 0.1) is 11.3 Å². The molecule has 0 amide bonds. The Morgan fingerprint density at radius 3 is 2.50 bits per heavy atom. The van der Waals surface area contributed by atoms with Crippen LogP contribution in [0.5, 0.6) is 0 Å². The van der Waals surface area contributed by atoms with Crippen molar-refractivity contribution in [3.8, 4) is 0 Å². The summed E-state index contributed by atoms with van der Waals surface area (Å²) in [5.74, 6) is 0.0821. The minimum absolute atomic E-state index is 0.0821. The summed E-state index contributed by atoms with van der Waals surface area (Å²) in [7, 11) is 0. The largest absolute Gasteiger partial charge is 0.409 e. The van der Waals surface area contributed by atoms with Crippen molar-refractivity contribution in [1.29, 1.82) is 0 Å². The molecule has 0 atom stereocenters. The molecular weight excluding hydrogens is 224 g/mol. The van der Waals surface area contributed by atoms with E-state index < -0.39 is 0 Å². The number of hydrogen-bond acceptors (Lipinski definition) is 5. The van der Waals surface area contributed by atoms with Crippen molar-refractivity contribution in [2.24, 2.45) is 10.9 Å². The molecule has 6 heteroatoms. The number of rotatable bonds is 3. The second-order valence-electron chi connectivity index (χ2n) is 3.74. The number of amidine groups is 1. The standard InChI is InChI=1S/C10H16N4OS/c1-5(2)16-10-8(9(11)14-15)6(3)7(4)12-13-10/h5,15H,1-4H3,(H2,11,14). The molecule has 88 valence electrons. The third-order valence-corrected chi connectivity index (χ3v) is 3.11. The summed E-state index contributed by atoms with van der Waals surface area (Å²) in [4.78, 5) is 0. The molecule has 1 heterocycles. The molecule has 0 radical (unpaired) electrons. The summed E-state index contributed by atoms with van der Waals surface area (Å²) in [6, 6.07) is 0. The zero-order valence-electron chi connectivity index (χ0n) is 9.85. The second-order valence-corrected chi connectivity index (χ2v) is 5.31. The molecule has 0 aromatic carbocycles. The fourth-order valence-electron chi connectivity index (χ4n) is 1.24. The Bertz CT molecular complexity index is 418. The Kier molecular flexibility index (Phi) is 4.12. The van der Waals surface area contributed by atoms with Crippen molar-refractivity contribution < 1.29 is 5.21 Å². The molecule has 0 bridgehead atoms. The van der Waals surface area contributed by atoms with E-state index in [0.29, 0.717) is 15.8 Å². The molecule has 1 aromatic rings. The first kappa shape index (κ1) is 12.8. The highest BCUT2D eigenvalue weighted by Gasteiger charge is 2.16. The fourth-order valence-corrected chi connectivity index (χ4v) is 2.15. The van der Waals surface area contributed by atoms with Gasteiger partial charge in [0, 0.05) is 5.25 Å². The van der Waals surface area contributed by atoms with Crippen LogP contribution in [0.2, 0.25) is 0 Å². The van der Waals surface area contributed by atoms with E-state index in [2.05, 4.69) is 29.2 Å². The molecule has 1 rings (SSSR count). The quantitative estimate of drug-likeness (QED) is 0.276. The van der Waals surface area contributed by atoms with Gasteiger partial charge in [0.15, 0.2) is 5.84 Å². The number of oxime groups is 1. The molecule has 16 heavy (non-hydrogen) atoms. The molecule has 3 N–H and O–H groups in total. The van der Waals surface area contributed by atoms with Crippen molar-refractivity contribution >= 4 is 17.6 Å². The maximum Gasteiger partial charge on any atom is 0.173 e. The summed E-state index contributed by atoms with van der Waals surface area (Å²) >= 11 is 1.55.